The molecular weight excluding hydrogens is 623 g/mol. The van der Waals surface area contributed by atoms with E-state index in [0.717, 1.165) is 53.8 Å². The molecule has 1 aromatic heterocycles. The molecule has 1 saturated heterocycles. The van der Waals surface area contributed by atoms with E-state index in [1.807, 2.05) is 49.9 Å². The van der Waals surface area contributed by atoms with Crippen molar-refractivity contribution in [1.82, 2.24) is 9.47 Å². The van der Waals surface area contributed by atoms with Gasteiger partial charge in [-0.3, -0.25) is 33.4 Å². The van der Waals surface area contributed by atoms with Crippen molar-refractivity contribution < 1.29 is 34.5 Å². The van der Waals surface area contributed by atoms with Crippen LogP contribution in [0.1, 0.15) is 33.6 Å². The number of carboxylic acids is 3. The summed E-state index contributed by atoms with van der Waals surface area (Å²) in [5.41, 5.74) is 0.573. The van der Waals surface area contributed by atoms with Crippen LogP contribution in [-0.2, 0) is 25.7 Å². The summed E-state index contributed by atoms with van der Waals surface area (Å²) in [6, 6.07) is 7.72. The van der Waals surface area contributed by atoms with Crippen LogP contribution in [0.5, 0.6) is 0 Å². The number of hydrogen-bond donors (Lipinski definition) is 3. The Bertz CT molecular complexity index is 1720. The smallest absolute Gasteiger partial charge is 0.323 e. The van der Waals surface area contributed by atoms with Gasteiger partial charge in [0, 0.05) is 17.9 Å². The molecule has 15 heteroatoms. The number of benzene rings is 1. The lowest BCUT2D eigenvalue weighted by Gasteiger charge is -2.28. The van der Waals surface area contributed by atoms with Crippen LogP contribution >= 0.6 is 47.1 Å². The van der Waals surface area contributed by atoms with E-state index in [0.29, 0.717) is 13.0 Å². The highest BCUT2D eigenvalue weighted by Crippen LogP contribution is 2.50. The van der Waals surface area contributed by atoms with Gasteiger partial charge in [0.1, 0.15) is 27.0 Å². The van der Waals surface area contributed by atoms with Crippen molar-refractivity contribution in [2.24, 2.45) is 5.41 Å². The Morgan fingerprint density at radius 3 is 2.24 bits per heavy atom. The van der Waals surface area contributed by atoms with Crippen LogP contribution in [0.25, 0.3) is 11.0 Å². The summed E-state index contributed by atoms with van der Waals surface area (Å²) in [5.74, 6) is -4.16. The molecule has 222 valence electrons. The van der Waals surface area contributed by atoms with Crippen LogP contribution in [-0.4, -0.2) is 66.0 Å². The van der Waals surface area contributed by atoms with E-state index < -0.39 is 47.9 Å². The predicted octanol–water partition coefficient (Wildman–Crippen LogP) is 2.56. The summed E-state index contributed by atoms with van der Waals surface area (Å²) < 4.78 is 1.27. The molecule has 0 bridgehead atoms. The molecule has 1 fully saturated rings. The fourth-order valence-corrected chi connectivity index (χ4v) is 8.25. The molecule has 2 aliphatic rings. The largest absolute Gasteiger partial charge is 0.481 e. The number of amides is 1. The Labute approximate surface area is 257 Å². The first-order valence-corrected chi connectivity index (χ1v) is 15.5. The zero-order valence-corrected chi connectivity index (χ0v) is 26.0. The van der Waals surface area contributed by atoms with E-state index >= 15 is 0 Å². The Hall–Kier alpha value is -3.40. The average molecular weight is 650 g/mol. The number of hydrogen-bond acceptors (Lipinski definition) is 10. The lowest BCUT2D eigenvalue weighted by atomic mass is 9.86. The van der Waals surface area contributed by atoms with Gasteiger partial charge in [-0.15, -0.1) is 11.3 Å². The maximum Gasteiger partial charge on any atom is 0.323 e. The zero-order valence-electron chi connectivity index (χ0n) is 22.8. The molecule has 4 rings (SSSR count). The van der Waals surface area contributed by atoms with Crippen LogP contribution in [0.4, 0.5) is 5.69 Å². The van der Waals surface area contributed by atoms with Gasteiger partial charge in [0.2, 0.25) is 0 Å². The van der Waals surface area contributed by atoms with Crippen LogP contribution in [0, 0.1) is 5.41 Å². The van der Waals surface area contributed by atoms with Gasteiger partial charge in [-0.05, 0) is 35.6 Å². The Balaban J connectivity index is 1.95. The zero-order chi connectivity index (χ0) is 30.9. The van der Waals surface area contributed by atoms with E-state index in [9.17, 15) is 39.3 Å². The minimum absolute atomic E-state index is 0.000255. The highest BCUT2D eigenvalue weighted by Gasteiger charge is 2.36. The number of allylic oxidation sites excluding steroid dienone is 1. The minimum Gasteiger partial charge on any atom is -0.481 e. The Morgan fingerprint density at radius 1 is 0.952 bits per heavy atom. The van der Waals surface area contributed by atoms with Gasteiger partial charge in [-0.1, -0.05) is 68.6 Å². The standard InChI is InChI=1S/C27H27N3O8S4/c1-27(2,3)14(24-28(10-6-9-18(31)32)15-7-4-5-8-16(15)40-24)11-17-22(37)29(12-19(33)34)25(41-17)21-23(38)30(13-20(35)36)26(39)42-21/h4-5,7-8,11H,6,9-10,12-13H2,1-3H3,(H,31,32)(H,33,34)(H,35,36)/b17-11+,24-14-,25-21-. The number of carbonyl (C=O) groups excluding carboxylic acids is 1. The van der Waals surface area contributed by atoms with Gasteiger partial charge in [0.05, 0.1) is 15.2 Å². The van der Waals surface area contributed by atoms with E-state index in [-0.39, 0.29) is 24.8 Å². The quantitative estimate of drug-likeness (QED) is 0.342. The number of thiocarbonyl (C=S) groups is 1. The number of thioether (sulfide) groups is 2. The van der Waals surface area contributed by atoms with Crippen molar-refractivity contribution in [2.45, 2.75) is 45.1 Å². The molecule has 2 aromatic rings. The van der Waals surface area contributed by atoms with Crippen molar-refractivity contribution in [1.29, 1.82) is 0 Å². The summed E-state index contributed by atoms with van der Waals surface area (Å²) in [7, 11) is 0. The van der Waals surface area contributed by atoms with Gasteiger partial charge in [0.15, 0.2) is 0 Å². The lowest BCUT2D eigenvalue weighted by Crippen LogP contribution is -2.37. The highest BCUT2D eigenvalue weighted by molar-refractivity contribution is 8.30. The van der Waals surface area contributed by atoms with Crippen molar-refractivity contribution in [3.8, 4) is 0 Å². The van der Waals surface area contributed by atoms with Crippen LogP contribution in [0.15, 0.2) is 44.6 Å². The van der Waals surface area contributed by atoms with Crippen molar-refractivity contribution >= 4 is 91.9 Å². The fourth-order valence-electron chi connectivity index (χ4n) is 4.34. The molecule has 11 nitrogen and oxygen atoms in total. The number of fused-ring (bicyclic) bond motifs is 1. The molecule has 0 aliphatic carbocycles. The second-order valence-electron chi connectivity index (χ2n) is 10.4. The molecule has 0 spiro atoms. The third-order valence-corrected chi connectivity index (χ3v) is 10.1. The van der Waals surface area contributed by atoms with E-state index in [1.54, 1.807) is 6.08 Å². The summed E-state index contributed by atoms with van der Waals surface area (Å²) in [6.45, 7) is 4.99. The van der Waals surface area contributed by atoms with Crippen LogP contribution < -0.4 is 19.7 Å². The SMILES string of the molecule is CC(C)(C)C(/C=c1/s/c(=C2\SC(=S)N(CC(=O)O)C2=O)n(CC(=O)O)c1=O)=C1\Sc2ccccc2N1CCCC(=O)O. The third kappa shape index (κ3) is 6.64. The molecule has 0 atom stereocenters. The second kappa shape index (κ2) is 12.5. The van der Waals surface area contributed by atoms with Crippen molar-refractivity contribution in [3.63, 3.8) is 0 Å². The molecular formula is C27H27N3O8S4. The number of rotatable bonds is 9. The lowest BCUT2D eigenvalue weighted by molar-refractivity contribution is -0.140. The number of aliphatic carboxylic acids is 3. The number of anilines is 1. The van der Waals surface area contributed by atoms with Crippen molar-refractivity contribution in [2.75, 3.05) is 18.0 Å². The average Bonchev–Trinajstić information content (AvgIpc) is 3.49. The summed E-state index contributed by atoms with van der Waals surface area (Å²) >= 11 is 8.47. The summed E-state index contributed by atoms with van der Waals surface area (Å²) in [4.78, 5) is 64.9. The number of thiazole rings is 1. The van der Waals surface area contributed by atoms with E-state index in [4.69, 9.17) is 12.2 Å². The van der Waals surface area contributed by atoms with Gasteiger partial charge in [-0.25, -0.2) is 0 Å². The molecule has 3 heterocycles. The first-order chi connectivity index (χ1) is 19.7. The maximum atomic E-state index is 13.6. The topological polar surface area (TPSA) is 157 Å². The first kappa shape index (κ1) is 31.5. The molecule has 0 unspecified atom stereocenters. The third-order valence-electron chi connectivity index (χ3n) is 6.23. The van der Waals surface area contributed by atoms with Gasteiger partial charge < -0.3 is 20.2 Å². The van der Waals surface area contributed by atoms with Gasteiger partial charge in [-0.2, -0.15) is 0 Å². The number of nitrogens with zero attached hydrogens (tertiary/aromatic N) is 3. The molecule has 0 saturated carbocycles. The maximum absolute atomic E-state index is 13.6. The predicted molar refractivity (Wildman–Crippen MR) is 166 cm³/mol. The number of carboxylic acid groups (broad SMARTS) is 3. The normalized spacial score (nSPS) is 18.1. The van der Waals surface area contributed by atoms with Gasteiger partial charge in [0.25, 0.3) is 11.5 Å². The van der Waals surface area contributed by atoms with Crippen LogP contribution in [0.3, 0.4) is 0 Å². The molecule has 42 heavy (non-hydrogen) atoms. The summed E-state index contributed by atoms with van der Waals surface area (Å²) in [5, 5.41) is 28.8. The summed E-state index contributed by atoms with van der Waals surface area (Å²) in [6.07, 6.45) is 2.08. The monoisotopic (exact) mass is 649 g/mol. The Morgan fingerprint density at radius 2 is 1.62 bits per heavy atom. The van der Waals surface area contributed by atoms with E-state index in [1.165, 1.54) is 11.8 Å². The highest BCUT2D eigenvalue weighted by atomic mass is 32.2. The molecule has 2 aliphatic heterocycles. The first-order valence-electron chi connectivity index (χ1n) is 12.6. The number of carbonyl (C=O) groups is 4. The van der Waals surface area contributed by atoms with Crippen molar-refractivity contribution in [3.05, 3.63) is 54.4 Å². The van der Waals surface area contributed by atoms with Gasteiger partial charge >= 0.3 is 17.9 Å². The molecule has 3 N–H and O–H groups in total. The number of aromatic nitrogens is 1. The minimum atomic E-state index is -1.29. The Kier molecular flexibility index (Phi) is 9.35. The fraction of sp³-hybridized carbons (Fsp3) is 0.333. The second-order valence-corrected chi connectivity index (χ2v) is 14.1. The molecule has 0 radical (unpaired) electrons. The number of para-hydroxylation sites is 1. The molecule has 1 amide bonds. The van der Waals surface area contributed by atoms with Crippen LogP contribution in [0.2, 0.25) is 0 Å². The van der Waals surface area contributed by atoms with E-state index in [2.05, 4.69) is 0 Å². The molecule has 1 aromatic carbocycles.